The Labute approximate surface area is 122 Å². The monoisotopic (exact) mass is 277 g/mol. The van der Waals surface area contributed by atoms with E-state index in [0.717, 1.165) is 32.2 Å². The molecule has 1 aliphatic carbocycles. The Balaban J connectivity index is 1.59. The number of aromatic nitrogens is 2. The Morgan fingerprint density at radius 3 is 2.65 bits per heavy atom. The summed E-state index contributed by atoms with van der Waals surface area (Å²) < 4.78 is 7.65. The molecule has 1 atom stereocenters. The summed E-state index contributed by atoms with van der Waals surface area (Å²) in [5, 5.41) is 4.53. The number of nitrogens with zero attached hydrogens (tertiary/aromatic N) is 3. The molecule has 2 aliphatic rings. The largest absolute Gasteiger partial charge is 0.379 e. The molecule has 0 radical (unpaired) electrons. The zero-order valence-electron chi connectivity index (χ0n) is 12.4. The third-order valence-corrected chi connectivity index (χ3v) is 4.90. The lowest BCUT2D eigenvalue weighted by Crippen LogP contribution is -2.38. The van der Waals surface area contributed by atoms with Gasteiger partial charge in [0, 0.05) is 32.0 Å². The van der Waals surface area contributed by atoms with Gasteiger partial charge in [-0.3, -0.25) is 9.58 Å². The molecule has 1 aromatic rings. The van der Waals surface area contributed by atoms with Crippen LogP contribution in [0.15, 0.2) is 18.5 Å². The molecule has 0 aromatic carbocycles. The van der Waals surface area contributed by atoms with Gasteiger partial charge in [0.25, 0.3) is 0 Å². The summed E-state index contributed by atoms with van der Waals surface area (Å²) in [6, 6.07) is 2.65. The molecule has 0 bridgehead atoms. The van der Waals surface area contributed by atoms with Crippen molar-refractivity contribution < 1.29 is 4.74 Å². The maximum Gasteiger partial charge on any atom is 0.0594 e. The lowest BCUT2D eigenvalue weighted by Gasteiger charge is -2.33. The average molecular weight is 277 g/mol. The van der Waals surface area contributed by atoms with Crippen LogP contribution in [-0.2, 0) is 4.74 Å². The van der Waals surface area contributed by atoms with Gasteiger partial charge in [0.1, 0.15) is 0 Å². The van der Waals surface area contributed by atoms with Crippen LogP contribution in [0.3, 0.4) is 0 Å². The SMILES string of the molecule is c1cnn(C(CCN2CCOCC2)C2CCCCC2)c1. The van der Waals surface area contributed by atoms with Crippen LogP contribution in [0.1, 0.15) is 44.6 Å². The van der Waals surface area contributed by atoms with Crippen LogP contribution in [0.4, 0.5) is 0 Å². The fraction of sp³-hybridized carbons (Fsp3) is 0.812. The predicted molar refractivity (Wildman–Crippen MR) is 79.7 cm³/mol. The minimum atomic E-state index is 0.591. The Kier molecular flexibility index (Phi) is 5.09. The topological polar surface area (TPSA) is 30.3 Å². The molecule has 0 amide bonds. The van der Waals surface area contributed by atoms with Crippen LogP contribution >= 0.6 is 0 Å². The van der Waals surface area contributed by atoms with Crippen LogP contribution < -0.4 is 0 Å². The van der Waals surface area contributed by atoms with Crippen LogP contribution in [0.5, 0.6) is 0 Å². The fourth-order valence-electron chi connectivity index (χ4n) is 3.72. The van der Waals surface area contributed by atoms with Crippen molar-refractivity contribution in [3.8, 4) is 0 Å². The second-order valence-electron chi connectivity index (χ2n) is 6.19. The third-order valence-electron chi connectivity index (χ3n) is 4.90. The molecule has 4 nitrogen and oxygen atoms in total. The highest BCUT2D eigenvalue weighted by molar-refractivity contribution is 4.86. The van der Waals surface area contributed by atoms with Crippen LogP contribution in [0.25, 0.3) is 0 Å². The lowest BCUT2D eigenvalue weighted by atomic mass is 9.82. The van der Waals surface area contributed by atoms with E-state index in [9.17, 15) is 0 Å². The molecule has 1 saturated carbocycles. The maximum atomic E-state index is 5.44. The van der Waals surface area contributed by atoms with Gasteiger partial charge < -0.3 is 4.74 Å². The minimum Gasteiger partial charge on any atom is -0.379 e. The predicted octanol–water partition coefficient (Wildman–Crippen LogP) is 2.73. The Bertz CT molecular complexity index is 367. The number of hydrogen-bond donors (Lipinski definition) is 0. The van der Waals surface area contributed by atoms with Crippen molar-refractivity contribution in [1.82, 2.24) is 14.7 Å². The van der Waals surface area contributed by atoms with Crippen molar-refractivity contribution in [2.45, 2.75) is 44.6 Å². The molecule has 2 heterocycles. The van der Waals surface area contributed by atoms with Gasteiger partial charge in [-0.1, -0.05) is 19.3 Å². The Morgan fingerprint density at radius 2 is 1.95 bits per heavy atom. The molecule has 1 unspecified atom stereocenters. The first kappa shape index (κ1) is 14.1. The molecule has 1 saturated heterocycles. The van der Waals surface area contributed by atoms with Crippen molar-refractivity contribution in [3.05, 3.63) is 18.5 Å². The summed E-state index contributed by atoms with van der Waals surface area (Å²) in [5.74, 6) is 0.824. The first-order valence-electron chi connectivity index (χ1n) is 8.23. The molecule has 0 N–H and O–H groups in total. The summed E-state index contributed by atoms with van der Waals surface area (Å²) in [7, 11) is 0. The molecule has 3 rings (SSSR count). The first-order chi connectivity index (χ1) is 9.93. The summed E-state index contributed by atoms with van der Waals surface area (Å²) in [6.45, 7) is 5.17. The van der Waals surface area contributed by atoms with Crippen molar-refractivity contribution in [2.24, 2.45) is 5.92 Å². The molecule has 20 heavy (non-hydrogen) atoms. The van der Waals surface area contributed by atoms with Crippen LogP contribution in [0.2, 0.25) is 0 Å². The number of rotatable bonds is 5. The van der Waals surface area contributed by atoms with E-state index in [1.807, 2.05) is 6.20 Å². The van der Waals surface area contributed by atoms with Crippen molar-refractivity contribution in [1.29, 1.82) is 0 Å². The van der Waals surface area contributed by atoms with Gasteiger partial charge in [-0.15, -0.1) is 0 Å². The van der Waals surface area contributed by atoms with Crippen molar-refractivity contribution in [2.75, 3.05) is 32.8 Å². The van der Waals surface area contributed by atoms with Gasteiger partial charge in [0.2, 0.25) is 0 Å². The highest BCUT2D eigenvalue weighted by Crippen LogP contribution is 2.34. The zero-order valence-corrected chi connectivity index (χ0v) is 12.4. The van der Waals surface area contributed by atoms with Crippen LogP contribution in [-0.4, -0.2) is 47.5 Å². The lowest BCUT2D eigenvalue weighted by molar-refractivity contribution is 0.0333. The van der Waals surface area contributed by atoms with E-state index in [1.54, 1.807) is 0 Å². The summed E-state index contributed by atoms with van der Waals surface area (Å²) >= 11 is 0. The molecule has 1 aromatic heterocycles. The van der Waals surface area contributed by atoms with E-state index in [4.69, 9.17) is 4.74 Å². The molecular weight excluding hydrogens is 250 g/mol. The van der Waals surface area contributed by atoms with E-state index in [2.05, 4.69) is 26.9 Å². The van der Waals surface area contributed by atoms with Gasteiger partial charge in [0.15, 0.2) is 0 Å². The summed E-state index contributed by atoms with van der Waals surface area (Å²) in [4.78, 5) is 2.54. The fourth-order valence-corrected chi connectivity index (χ4v) is 3.72. The maximum absolute atomic E-state index is 5.44. The second-order valence-corrected chi connectivity index (χ2v) is 6.19. The molecule has 1 aliphatic heterocycles. The second kappa shape index (κ2) is 7.23. The number of morpholine rings is 1. The summed E-state index contributed by atoms with van der Waals surface area (Å²) in [6.07, 6.45) is 12.3. The molecule has 2 fully saturated rings. The minimum absolute atomic E-state index is 0.591. The molecule has 0 spiro atoms. The normalized spacial score (nSPS) is 23.8. The standard InChI is InChI=1S/C16H27N3O/c1-2-5-15(6-3-1)16(19-9-4-8-17-19)7-10-18-11-13-20-14-12-18/h4,8-9,15-16H,1-3,5-7,10-14H2. The first-order valence-corrected chi connectivity index (χ1v) is 8.23. The number of ether oxygens (including phenoxy) is 1. The van der Waals surface area contributed by atoms with Crippen molar-refractivity contribution >= 4 is 0 Å². The van der Waals surface area contributed by atoms with E-state index in [1.165, 1.54) is 45.1 Å². The van der Waals surface area contributed by atoms with E-state index >= 15 is 0 Å². The molecule has 112 valence electrons. The summed E-state index contributed by atoms with van der Waals surface area (Å²) in [5.41, 5.74) is 0. The van der Waals surface area contributed by atoms with Gasteiger partial charge in [-0.05, 0) is 31.2 Å². The highest BCUT2D eigenvalue weighted by Gasteiger charge is 2.26. The Hall–Kier alpha value is -0.870. The van der Waals surface area contributed by atoms with E-state index in [-0.39, 0.29) is 0 Å². The quantitative estimate of drug-likeness (QED) is 0.829. The van der Waals surface area contributed by atoms with Crippen LogP contribution in [0, 0.1) is 5.92 Å². The molecular formula is C16H27N3O. The molecule has 4 heteroatoms. The highest BCUT2D eigenvalue weighted by atomic mass is 16.5. The zero-order chi connectivity index (χ0) is 13.6. The van der Waals surface area contributed by atoms with Gasteiger partial charge in [-0.25, -0.2) is 0 Å². The third kappa shape index (κ3) is 3.61. The number of hydrogen-bond acceptors (Lipinski definition) is 3. The van der Waals surface area contributed by atoms with E-state index < -0.39 is 0 Å². The van der Waals surface area contributed by atoms with Crippen molar-refractivity contribution in [3.63, 3.8) is 0 Å². The van der Waals surface area contributed by atoms with Gasteiger partial charge in [0.05, 0.1) is 19.3 Å². The van der Waals surface area contributed by atoms with E-state index in [0.29, 0.717) is 6.04 Å². The van der Waals surface area contributed by atoms with Gasteiger partial charge in [-0.2, -0.15) is 5.10 Å². The average Bonchev–Trinajstić information content (AvgIpc) is 3.04. The smallest absolute Gasteiger partial charge is 0.0594 e. The Morgan fingerprint density at radius 1 is 1.15 bits per heavy atom. The van der Waals surface area contributed by atoms with Gasteiger partial charge >= 0.3 is 0 Å².